The molecule has 6 nitrogen and oxygen atoms in total. The minimum Gasteiger partial charge on any atom is -0.490 e. The molecule has 2 aromatic rings. The highest BCUT2D eigenvalue weighted by atomic mass is 32.1. The number of benzene rings is 1. The number of urea groups is 1. The Kier molecular flexibility index (Phi) is 4.67. The van der Waals surface area contributed by atoms with Gasteiger partial charge in [0, 0.05) is 23.7 Å². The average Bonchev–Trinajstić information content (AvgIpc) is 3.08. The third kappa shape index (κ3) is 3.76. The molecule has 25 heavy (non-hydrogen) atoms. The van der Waals surface area contributed by atoms with Crippen molar-refractivity contribution in [1.82, 2.24) is 5.32 Å². The van der Waals surface area contributed by atoms with Gasteiger partial charge >= 0.3 is 6.03 Å². The molecule has 0 saturated carbocycles. The van der Waals surface area contributed by atoms with E-state index in [9.17, 15) is 9.59 Å². The van der Waals surface area contributed by atoms with Crippen LogP contribution in [0.3, 0.4) is 0 Å². The lowest BCUT2D eigenvalue weighted by molar-refractivity contribution is -0.127. The Hall–Kier alpha value is -2.54. The van der Waals surface area contributed by atoms with E-state index >= 15 is 0 Å². The number of carbonyl (C=O) groups is 2. The third-order valence-corrected chi connectivity index (χ3v) is 4.93. The number of ether oxygens (including phenoxy) is 1. The van der Waals surface area contributed by atoms with Gasteiger partial charge in [-0.1, -0.05) is 6.07 Å². The summed E-state index contributed by atoms with van der Waals surface area (Å²) in [6.07, 6.45) is 0. The molecular weight excluding hydrogens is 338 g/mol. The summed E-state index contributed by atoms with van der Waals surface area (Å²) in [6.45, 7) is 4.48. The number of hydrogen-bond acceptors (Lipinski definition) is 4. The van der Waals surface area contributed by atoms with Gasteiger partial charge in [-0.3, -0.25) is 4.79 Å². The lowest BCUT2D eigenvalue weighted by Gasteiger charge is -2.24. The van der Waals surface area contributed by atoms with Crippen molar-refractivity contribution >= 4 is 34.6 Å². The Balaban J connectivity index is 1.70. The van der Waals surface area contributed by atoms with Gasteiger partial charge in [0.2, 0.25) is 5.91 Å². The molecule has 0 saturated heterocycles. The molecule has 2 N–H and O–H groups in total. The first kappa shape index (κ1) is 17.3. The number of thiophene rings is 1. The van der Waals surface area contributed by atoms with Crippen LogP contribution in [0, 0.1) is 5.41 Å². The number of rotatable bonds is 3. The Morgan fingerprint density at radius 3 is 2.88 bits per heavy atom. The molecule has 0 unspecified atom stereocenters. The van der Waals surface area contributed by atoms with Gasteiger partial charge in [-0.25, -0.2) is 4.79 Å². The van der Waals surface area contributed by atoms with E-state index in [4.69, 9.17) is 4.74 Å². The van der Waals surface area contributed by atoms with E-state index in [1.165, 1.54) is 0 Å². The van der Waals surface area contributed by atoms with Crippen molar-refractivity contribution in [3.05, 3.63) is 40.6 Å². The molecule has 132 valence electrons. The minimum absolute atomic E-state index is 0.000602. The van der Waals surface area contributed by atoms with Gasteiger partial charge in [-0.15, -0.1) is 11.3 Å². The Morgan fingerprint density at radius 1 is 1.36 bits per heavy atom. The number of hydrogen-bond donors (Lipinski definition) is 2. The molecule has 3 rings (SSSR count). The highest BCUT2D eigenvalue weighted by Gasteiger charge is 2.36. The zero-order valence-electron chi connectivity index (χ0n) is 14.5. The predicted octanol–water partition coefficient (Wildman–Crippen LogP) is 3.45. The average molecular weight is 359 g/mol. The van der Waals surface area contributed by atoms with Crippen LogP contribution in [0.15, 0.2) is 35.7 Å². The molecule has 0 bridgehead atoms. The lowest BCUT2D eigenvalue weighted by atomic mass is 9.93. The molecule has 0 radical (unpaired) electrons. The minimum atomic E-state index is -0.598. The summed E-state index contributed by atoms with van der Waals surface area (Å²) in [5, 5.41) is 7.57. The zero-order chi connectivity index (χ0) is 18.0. The molecule has 1 aromatic heterocycles. The topological polar surface area (TPSA) is 70.7 Å². The predicted molar refractivity (Wildman–Crippen MR) is 99.3 cm³/mol. The SMILES string of the molecule is CN1C(=O)C(C)(C)COc2cc(NC(=O)NCc3cccs3)ccc21. The highest BCUT2D eigenvalue weighted by Crippen LogP contribution is 2.37. The van der Waals surface area contributed by atoms with Crippen molar-refractivity contribution in [2.24, 2.45) is 5.41 Å². The van der Waals surface area contributed by atoms with Gasteiger partial charge < -0.3 is 20.3 Å². The van der Waals surface area contributed by atoms with E-state index in [1.54, 1.807) is 41.5 Å². The number of anilines is 2. The smallest absolute Gasteiger partial charge is 0.319 e. The largest absolute Gasteiger partial charge is 0.490 e. The molecule has 2 heterocycles. The summed E-state index contributed by atoms with van der Waals surface area (Å²) in [7, 11) is 1.73. The van der Waals surface area contributed by atoms with Crippen LogP contribution in [0.4, 0.5) is 16.2 Å². The van der Waals surface area contributed by atoms with Gasteiger partial charge in [0.05, 0.1) is 17.6 Å². The highest BCUT2D eigenvalue weighted by molar-refractivity contribution is 7.09. The van der Waals surface area contributed by atoms with Crippen LogP contribution >= 0.6 is 11.3 Å². The third-order valence-electron chi connectivity index (χ3n) is 4.05. The quantitative estimate of drug-likeness (QED) is 0.882. The van der Waals surface area contributed by atoms with Gasteiger partial charge in [0.25, 0.3) is 0 Å². The van der Waals surface area contributed by atoms with Crippen molar-refractivity contribution in [3.63, 3.8) is 0 Å². The number of nitrogens with one attached hydrogen (secondary N) is 2. The first-order valence-corrected chi connectivity index (χ1v) is 8.87. The molecule has 1 aromatic carbocycles. The summed E-state index contributed by atoms with van der Waals surface area (Å²) in [6, 6.07) is 8.91. The number of amides is 3. The maximum atomic E-state index is 12.5. The molecule has 0 fully saturated rings. The molecule has 0 spiro atoms. The summed E-state index contributed by atoms with van der Waals surface area (Å²) in [5.74, 6) is 0.582. The molecule has 0 atom stereocenters. The normalized spacial score (nSPS) is 15.8. The Morgan fingerprint density at radius 2 is 2.16 bits per heavy atom. The lowest BCUT2D eigenvalue weighted by Crippen LogP contribution is -2.39. The molecule has 3 amide bonds. The van der Waals surface area contributed by atoms with E-state index in [1.807, 2.05) is 31.4 Å². The van der Waals surface area contributed by atoms with Gasteiger partial charge in [-0.2, -0.15) is 0 Å². The van der Waals surface area contributed by atoms with Gasteiger partial charge in [-0.05, 0) is 37.4 Å². The second kappa shape index (κ2) is 6.76. The van der Waals surface area contributed by atoms with Crippen LogP contribution in [-0.2, 0) is 11.3 Å². The van der Waals surface area contributed by atoms with Crippen molar-refractivity contribution in [3.8, 4) is 5.75 Å². The number of fused-ring (bicyclic) bond motifs is 1. The fourth-order valence-corrected chi connectivity index (χ4v) is 3.27. The molecule has 0 aliphatic carbocycles. The van der Waals surface area contributed by atoms with Crippen LogP contribution in [0.25, 0.3) is 0 Å². The number of nitrogens with zero attached hydrogens (tertiary/aromatic N) is 1. The van der Waals surface area contributed by atoms with E-state index in [-0.39, 0.29) is 18.5 Å². The summed E-state index contributed by atoms with van der Waals surface area (Å²) in [5.41, 5.74) is 0.711. The second-order valence-corrected chi connectivity index (χ2v) is 7.64. The van der Waals surface area contributed by atoms with Crippen LogP contribution in [0.1, 0.15) is 18.7 Å². The molecule has 7 heteroatoms. The van der Waals surface area contributed by atoms with Crippen LogP contribution in [0.5, 0.6) is 5.75 Å². The standard InChI is InChI=1S/C18H21N3O3S/c1-18(2)11-24-15-9-12(6-7-14(15)21(3)16(18)22)20-17(23)19-10-13-5-4-8-25-13/h4-9H,10-11H2,1-3H3,(H2,19,20,23). The second-order valence-electron chi connectivity index (χ2n) is 6.61. The van der Waals surface area contributed by atoms with Gasteiger partial charge in [0.15, 0.2) is 0 Å². The maximum absolute atomic E-state index is 12.5. The first-order chi connectivity index (χ1) is 11.9. The van der Waals surface area contributed by atoms with Gasteiger partial charge in [0.1, 0.15) is 12.4 Å². The maximum Gasteiger partial charge on any atom is 0.319 e. The molecular formula is C18H21N3O3S. The number of carbonyl (C=O) groups excluding carboxylic acids is 2. The fraction of sp³-hybridized carbons (Fsp3) is 0.333. The fourth-order valence-electron chi connectivity index (χ4n) is 2.62. The van der Waals surface area contributed by atoms with Crippen molar-refractivity contribution in [2.75, 3.05) is 23.9 Å². The van der Waals surface area contributed by atoms with Crippen LogP contribution in [-0.4, -0.2) is 25.6 Å². The van der Waals surface area contributed by atoms with Crippen molar-refractivity contribution in [1.29, 1.82) is 0 Å². The monoisotopic (exact) mass is 359 g/mol. The Bertz CT molecular complexity index is 787. The molecule has 1 aliphatic rings. The van der Waals surface area contributed by atoms with Crippen molar-refractivity contribution < 1.29 is 14.3 Å². The van der Waals surface area contributed by atoms with E-state index in [0.29, 0.717) is 23.7 Å². The van der Waals surface area contributed by atoms with Crippen LogP contribution < -0.4 is 20.3 Å². The summed E-state index contributed by atoms with van der Waals surface area (Å²) >= 11 is 1.59. The van der Waals surface area contributed by atoms with E-state index in [2.05, 4.69) is 10.6 Å². The molecule has 1 aliphatic heterocycles. The van der Waals surface area contributed by atoms with E-state index in [0.717, 1.165) is 4.88 Å². The Labute approximate surface area is 150 Å². The first-order valence-electron chi connectivity index (χ1n) is 7.99. The summed E-state index contributed by atoms with van der Waals surface area (Å²) < 4.78 is 5.81. The summed E-state index contributed by atoms with van der Waals surface area (Å²) in [4.78, 5) is 27.2. The van der Waals surface area contributed by atoms with E-state index < -0.39 is 5.41 Å². The van der Waals surface area contributed by atoms with Crippen molar-refractivity contribution in [2.45, 2.75) is 20.4 Å². The van der Waals surface area contributed by atoms with Crippen LogP contribution in [0.2, 0.25) is 0 Å². The zero-order valence-corrected chi connectivity index (χ0v) is 15.3.